The smallest absolute Gasteiger partial charge is 0.229 e. The zero-order valence-corrected chi connectivity index (χ0v) is 18.8. The Morgan fingerprint density at radius 3 is 2.62 bits per heavy atom. The van der Waals surface area contributed by atoms with Gasteiger partial charge >= 0.3 is 0 Å². The first-order valence-corrected chi connectivity index (χ1v) is 11.3. The van der Waals surface area contributed by atoms with Crippen molar-refractivity contribution in [2.24, 2.45) is 0 Å². The predicted molar refractivity (Wildman–Crippen MR) is 130 cm³/mol. The minimum atomic E-state index is 0.549. The number of hydrogen-bond donors (Lipinski definition) is 1. The van der Waals surface area contributed by atoms with Crippen LogP contribution in [0.15, 0.2) is 53.8 Å². The van der Waals surface area contributed by atoms with E-state index in [2.05, 4.69) is 60.5 Å². The van der Waals surface area contributed by atoms with Gasteiger partial charge in [0, 0.05) is 30.8 Å². The van der Waals surface area contributed by atoms with E-state index < -0.39 is 0 Å². The fourth-order valence-electron chi connectivity index (χ4n) is 4.10. The van der Waals surface area contributed by atoms with Gasteiger partial charge in [0.15, 0.2) is 0 Å². The number of hydrogen-bond acceptors (Lipinski definition) is 6. The highest BCUT2D eigenvalue weighted by Crippen LogP contribution is 2.32. The van der Waals surface area contributed by atoms with Crippen LogP contribution in [0.5, 0.6) is 0 Å². The van der Waals surface area contributed by atoms with Crippen LogP contribution >= 0.6 is 0 Å². The van der Waals surface area contributed by atoms with E-state index in [4.69, 9.17) is 14.7 Å². The van der Waals surface area contributed by atoms with Crippen LogP contribution in [0.3, 0.4) is 0 Å². The van der Waals surface area contributed by atoms with Gasteiger partial charge in [0.2, 0.25) is 5.95 Å². The number of ether oxygens (including phenoxy) is 1. The van der Waals surface area contributed by atoms with E-state index >= 15 is 0 Å². The van der Waals surface area contributed by atoms with Crippen LogP contribution in [0.4, 0.5) is 11.8 Å². The molecule has 0 spiro atoms. The molecule has 6 nitrogen and oxygen atoms in total. The molecule has 1 N–H and O–H groups in total. The van der Waals surface area contributed by atoms with E-state index in [9.17, 15) is 4.79 Å². The van der Waals surface area contributed by atoms with Crippen LogP contribution in [-0.4, -0.2) is 42.6 Å². The summed E-state index contributed by atoms with van der Waals surface area (Å²) in [5.41, 5.74) is 6.01. The Morgan fingerprint density at radius 1 is 1.16 bits per heavy atom. The van der Waals surface area contributed by atoms with Crippen molar-refractivity contribution in [3.05, 3.63) is 70.6 Å². The Bertz CT molecular complexity index is 1050. The van der Waals surface area contributed by atoms with Gasteiger partial charge in [-0.25, -0.2) is 4.98 Å². The molecule has 0 radical (unpaired) electrons. The molecule has 1 aliphatic carbocycles. The number of nitrogens with one attached hydrogen (secondary N) is 1. The molecular weight excluding hydrogens is 400 g/mol. The van der Waals surface area contributed by atoms with Crippen LogP contribution in [0, 0.1) is 0 Å². The lowest BCUT2D eigenvalue weighted by Gasteiger charge is -2.29. The molecular formula is C26H30N4O2. The number of rotatable bonds is 8. The van der Waals surface area contributed by atoms with Crippen molar-refractivity contribution in [3.63, 3.8) is 0 Å². The van der Waals surface area contributed by atoms with Crippen LogP contribution in [-0.2, 0) is 16.0 Å². The standard InChI is InChI=1S/C26H30N4O2/c1-3-8-22(17-20(4-2)21-9-6-5-7-10-21)27-26-28-24-16-19(18-31)15-23(24)25(29-26)30-11-13-32-14-12-30/h5-10,16-18H,3-4,11-15H2,1-2H3,(H,27,28,29)/b20-17+,22-8-. The first-order valence-electron chi connectivity index (χ1n) is 11.3. The van der Waals surface area contributed by atoms with Crippen molar-refractivity contribution in [2.75, 3.05) is 36.5 Å². The van der Waals surface area contributed by atoms with E-state index in [1.165, 1.54) is 11.1 Å². The summed E-state index contributed by atoms with van der Waals surface area (Å²) in [5.74, 6) is 1.45. The summed E-state index contributed by atoms with van der Waals surface area (Å²) in [7, 11) is 0. The van der Waals surface area contributed by atoms with Gasteiger partial charge in [0.1, 0.15) is 12.1 Å². The molecule has 1 aromatic heterocycles. The van der Waals surface area contributed by atoms with Crippen molar-refractivity contribution in [2.45, 2.75) is 33.1 Å². The summed E-state index contributed by atoms with van der Waals surface area (Å²) in [6.07, 6.45) is 9.50. The number of aldehydes is 1. The van der Waals surface area contributed by atoms with Gasteiger partial charge in [-0.2, -0.15) is 4.98 Å². The minimum Gasteiger partial charge on any atom is -0.378 e. The van der Waals surface area contributed by atoms with Crippen LogP contribution in [0.1, 0.15) is 43.5 Å². The molecule has 1 aromatic carbocycles. The summed E-state index contributed by atoms with van der Waals surface area (Å²) < 4.78 is 5.52. The summed E-state index contributed by atoms with van der Waals surface area (Å²) in [4.78, 5) is 23.3. The fourth-order valence-corrected chi connectivity index (χ4v) is 4.10. The molecule has 32 heavy (non-hydrogen) atoms. The molecule has 166 valence electrons. The number of anilines is 2. The molecule has 1 fully saturated rings. The number of nitrogens with zero attached hydrogens (tertiary/aromatic N) is 3. The van der Waals surface area contributed by atoms with Gasteiger partial charge in [0.25, 0.3) is 0 Å². The van der Waals surface area contributed by atoms with Crippen molar-refractivity contribution in [3.8, 4) is 0 Å². The summed E-state index contributed by atoms with van der Waals surface area (Å²) in [6.45, 7) is 7.20. The molecule has 0 unspecified atom stereocenters. The molecule has 0 bridgehead atoms. The van der Waals surface area contributed by atoms with Crippen LogP contribution < -0.4 is 10.2 Å². The van der Waals surface area contributed by atoms with E-state index in [1.54, 1.807) is 0 Å². The summed E-state index contributed by atoms with van der Waals surface area (Å²) in [6, 6.07) is 10.4. The fraction of sp³-hybridized carbons (Fsp3) is 0.346. The Morgan fingerprint density at radius 2 is 1.94 bits per heavy atom. The quantitative estimate of drug-likeness (QED) is 0.486. The molecule has 2 aliphatic rings. The van der Waals surface area contributed by atoms with E-state index in [0.29, 0.717) is 25.6 Å². The second-order valence-corrected chi connectivity index (χ2v) is 7.93. The lowest BCUT2D eigenvalue weighted by Crippen LogP contribution is -2.37. The Kier molecular flexibility index (Phi) is 7.12. The summed E-state index contributed by atoms with van der Waals surface area (Å²) in [5, 5.41) is 3.44. The predicted octanol–water partition coefficient (Wildman–Crippen LogP) is 4.65. The van der Waals surface area contributed by atoms with Crippen LogP contribution in [0.2, 0.25) is 0 Å². The average molecular weight is 431 g/mol. The van der Waals surface area contributed by atoms with E-state index in [1.807, 2.05) is 12.1 Å². The van der Waals surface area contributed by atoms with Gasteiger partial charge < -0.3 is 15.0 Å². The van der Waals surface area contributed by atoms with E-state index in [0.717, 1.165) is 60.6 Å². The normalized spacial score (nSPS) is 16.6. The monoisotopic (exact) mass is 430 g/mol. The second kappa shape index (κ2) is 10.4. The van der Waals surface area contributed by atoms with Crippen molar-refractivity contribution in [1.82, 2.24) is 9.97 Å². The Labute approximate surface area is 189 Å². The summed E-state index contributed by atoms with van der Waals surface area (Å²) >= 11 is 0. The van der Waals surface area contributed by atoms with Gasteiger partial charge in [-0.3, -0.25) is 4.79 Å². The van der Waals surface area contributed by atoms with Crippen LogP contribution in [0.25, 0.3) is 11.6 Å². The Balaban J connectivity index is 1.68. The Hall–Kier alpha value is -3.25. The molecule has 4 rings (SSSR count). The minimum absolute atomic E-state index is 0.549. The lowest BCUT2D eigenvalue weighted by molar-refractivity contribution is -0.104. The zero-order valence-electron chi connectivity index (χ0n) is 18.8. The first kappa shape index (κ1) is 22.0. The largest absolute Gasteiger partial charge is 0.378 e. The molecule has 0 atom stereocenters. The number of benzene rings is 1. The molecule has 2 aromatic rings. The number of fused-ring (bicyclic) bond motifs is 1. The molecule has 1 saturated heterocycles. The number of carbonyl (C=O) groups is 1. The topological polar surface area (TPSA) is 67.3 Å². The lowest BCUT2D eigenvalue weighted by atomic mass is 10.0. The number of aromatic nitrogens is 2. The third-order valence-corrected chi connectivity index (χ3v) is 5.72. The van der Waals surface area contributed by atoms with Gasteiger partial charge in [-0.1, -0.05) is 50.3 Å². The van der Waals surface area contributed by atoms with Gasteiger partial charge in [-0.15, -0.1) is 0 Å². The highest BCUT2D eigenvalue weighted by molar-refractivity contribution is 5.87. The molecule has 1 aliphatic heterocycles. The van der Waals surface area contributed by atoms with Gasteiger partial charge in [-0.05, 0) is 41.7 Å². The zero-order chi connectivity index (χ0) is 22.3. The second-order valence-electron chi connectivity index (χ2n) is 7.93. The number of carbonyl (C=O) groups excluding carboxylic acids is 1. The molecule has 2 heterocycles. The van der Waals surface area contributed by atoms with E-state index in [-0.39, 0.29) is 0 Å². The molecule has 6 heteroatoms. The molecule has 0 amide bonds. The maximum Gasteiger partial charge on any atom is 0.229 e. The number of allylic oxidation sites excluding steroid dienone is 4. The average Bonchev–Trinajstić information content (AvgIpc) is 3.26. The maximum atomic E-state index is 11.4. The highest BCUT2D eigenvalue weighted by atomic mass is 16.5. The maximum absolute atomic E-state index is 11.4. The SMILES string of the molecule is CC/C=C(/C=C(\CC)c1ccccc1)Nc1nc2c(c(N3CCOCC3)n1)CC(C=O)=C2. The third kappa shape index (κ3) is 4.97. The van der Waals surface area contributed by atoms with Crippen molar-refractivity contribution < 1.29 is 9.53 Å². The highest BCUT2D eigenvalue weighted by Gasteiger charge is 2.25. The third-order valence-electron chi connectivity index (χ3n) is 5.72. The van der Waals surface area contributed by atoms with Gasteiger partial charge in [0.05, 0.1) is 18.9 Å². The number of morpholine rings is 1. The van der Waals surface area contributed by atoms with Crippen molar-refractivity contribution in [1.29, 1.82) is 0 Å². The first-order chi connectivity index (χ1) is 15.7. The molecule has 0 saturated carbocycles. The van der Waals surface area contributed by atoms with Crippen molar-refractivity contribution >= 4 is 29.7 Å².